The zero-order chi connectivity index (χ0) is 14.4. The molecule has 1 aliphatic rings. The van der Waals surface area contributed by atoms with E-state index in [9.17, 15) is 0 Å². The molecule has 0 unspecified atom stereocenters. The highest BCUT2D eigenvalue weighted by atomic mass is 16.5. The fourth-order valence-corrected chi connectivity index (χ4v) is 3.27. The number of nitrogens with zero attached hydrogens (tertiary/aromatic N) is 4. The quantitative estimate of drug-likeness (QED) is 0.803. The average Bonchev–Trinajstić information content (AvgIpc) is 2.60. The molecule has 6 heteroatoms. The van der Waals surface area contributed by atoms with Crippen LogP contribution in [0, 0.1) is 0 Å². The molecular formula is C13H26N5O+. The van der Waals surface area contributed by atoms with Gasteiger partial charge in [-0.2, -0.15) is 0 Å². The van der Waals surface area contributed by atoms with Gasteiger partial charge in [-0.05, 0) is 41.5 Å². The summed E-state index contributed by atoms with van der Waals surface area (Å²) in [5.41, 5.74) is 5.54. The first-order valence-corrected chi connectivity index (χ1v) is 6.82. The first kappa shape index (κ1) is 14.1. The molecule has 1 fully saturated rings. The fraction of sp³-hybridized carbons (Fsp3) is 0.846. The van der Waals surface area contributed by atoms with E-state index in [0.29, 0.717) is 11.9 Å². The topological polar surface area (TPSA) is 62.4 Å². The van der Waals surface area contributed by atoms with E-state index in [2.05, 4.69) is 56.7 Å². The highest BCUT2D eigenvalue weighted by Gasteiger charge is 2.51. The Balaban J connectivity index is 2.37. The average molecular weight is 268 g/mol. The third-order valence-electron chi connectivity index (χ3n) is 3.73. The predicted octanol–water partition coefficient (Wildman–Crippen LogP) is 0.764. The SMILES string of the molecule is CC(C)N1CC(C)(C)N([n+]2cc(N)on2)C(C)(C)C1. The monoisotopic (exact) mass is 268 g/mol. The van der Waals surface area contributed by atoms with Crippen molar-refractivity contribution in [3.8, 4) is 0 Å². The maximum absolute atomic E-state index is 5.65. The first-order valence-electron chi connectivity index (χ1n) is 6.82. The van der Waals surface area contributed by atoms with Crippen LogP contribution >= 0.6 is 0 Å². The predicted molar refractivity (Wildman–Crippen MR) is 74.2 cm³/mol. The Morgan fingerprint density at radius 3 is 2.16 bits per heavy atom. The van der Waals surface area contributed by atoms with Gasteiger partial charge in [0.1, 0.15) is 11.1 Å². The molecule has 1 aromatic heterocycles. The van der Waals surface area contributed by atoms with Gasteiger partial charge in [-0.25, -0.2) is 0 Å². The van der Waals surface area contributed by atoms with E-state index in [1.807, 2.05) is 0 Å². The molecule has 108 valence electrons. The number of aromatic nitrogens is 2. The molecule has 1 aliphatic heterocycles. The molecular weight excluding hydrogens is 242 g/mol. The van der Waals surface area contributed by atoms with E-state index in [0.717, 1.165) is 13.1 Å². The molecule has 19 heavy (non-hydrogen) atoms. The van der Waals surface area contributed by atoms with Crippen LogP contribution in [0.3, 0.4) is 0 Å². The lowest BCUT2D eigenvalue weighted by Crippen LogP contribution is -2.82. The maximum Gasteiger partial charge on any atom is 0.296 e. The van der Waals surface area contributed by atoms with Gasteiger partial charge in [-0.15, -0.1) is 5.01 Å². The molecule has 1 saturated heterocycles. The molecule has 0 amide bonds. The second kappa shape index (κ2) is 4.37. The highest BCUT2D eigenvalue weighted by molar-refractivity contribution is 5.15. The zero-order valence-corrected chi connectivity index (χ0v) is 12.8. The van der Waals surface area contributed by atoms with Gasteiger partial charge in [0.05, 0.1) is 4.79 Å². The van der Waals surface area contributed by atoms with Gasteiger partial charge in [0.15, 0.2) is 0 Å². The van der Waals surface area contributed by atoms with Gasteiger partial charge in [-0.1, -0.05) is 0 Å². The Bertz CT molecular complexity index is 434. The Labute approximate surface area is 115 Å². The Morgan fingerprint density at radius 2 is 1.79 bits per heavy atom. The molecule has 0 saturated carbocycles. The van der Waals surface area contributed by atoms with Crippen LogP contribution in [0.1, 0.15) is 41.5 Å². The van der Waals surface area contributed by atoms with Crippen LogP contribution < -0.4 is 15.5 Å². The number of hydrogen-bond donors (Lipinski definition) is 1. The lowest BCUT2D eigenvalue weighted by atomic mass is 9.89. The largest absolute Gasteiger partial charge is 0.362 e. The highest BCUT2D eigenvalue weighted by Crippen LogP contribution is 2.29. The number of piperazine rings is 1. The lowest BCUT2D eigenvalue weighted by Gasteiger charge is -2.51. The third-order valence-corrected chi connectivity index (χ3v) is 3.73. The summed E-state index contributed by atoms with van der Waals surface area (Å²) in [6.07, 6.45) is 1.73. The summed E-state index contributed by atoms with van der Waals surface area (Å²) in [6.45, 7) is 15.3. The second-order valence-corrected chi connectivity index (χ2v) is 6.96. The summed E-state index contributed by atoms with van der Waals surface area (Å²) in [6, 6.07) is 0.535. The molecule has 0 aliphatic carbocycles. The van der Waals surface area contributed by atoms with Gasteiger partial charge >= 0.3 is 0 Å². The van der Waals surface area contributed by atoms with Gasteiger partial charge in [-0.3, -0.25) is 9.42 Å². The molecule has 2 N–H and O–H groups in total. The van der Waals surface area contributed by atoms with E-state index in [-0.39, 0.29) is 11.1 Å². The molecule has 0 bridgehead atoms. The number of hydrogen-bond acceptors (Lipinski definition) is 5. The summed E-state index contributed by atoms with van der Waals surface area (Å²) in [5, 5.41) is 6.27. The number of rotatable bonds is 2. The van der Waals surface area contributed by atoms with Crippen LogP contribution in [0.25, 0.3) is 0 Å². The molecule has 0 spiro atoms. The minimum atomic E-state index is -0.0556. The van der Waals surface area contributed by atoms with Crippen molar-refractivity contribution in [3.05, 3.63) is 6.20 Å². The van der Waals surface area contributed by atoms with Crippen LogP contribution in [0.15, 0.2) is 10.7 Å². The molecule has 0 aromatic carbocycles. The normalized spacial score (nSPS) is 23.0. The minimum absolute atomic E-state index is 0.0556. The van der Waals surface area contributed by atoms with Crippen LogP contribution in [0.4, 0.5) is 5.88 Å². The smallest absolute Gasteiger partial charge is 0.296 e. The summed E-state index contributed by atoms with van der Waals surface area (Å²) in [5.74, 6) is 0.331. The number of nitrogen functional groups attached to an aromatic ring is 1. The Morgan fingerprint density at radius 1 is 1.26 bits per heavy atom. The van der Waals surface area contributed by atoms with Crippen molar-refractivity contribution >= 4 is 5.88 Å². The molecule has 2 rings (SSSR count). The van der Waals surface area contributed by atoms with Crippen molar-refractivity contribution in [1.82, 2.24) is 10.2 Å². The van der Waals surface area contributed by atoms with Crippen molar-refractivity contribution in [2.75, 3.05) is 23.8 Å². The Kier molecular flexibility index (Phi) is 3.24. The fourth-order valence-electron chi connectivity index (χ4n) is 3.27. The van der Waals surface area contributed by atoms with Crippen LogP contribution in [0.2, 0.25) is 0 Å². The van der Waals surface area contributed by atoms with E-state index in [4.69, 9.17) is 10.3 Å². The van der Waals surface area contributed by atoms with Gasteiger partial charge in [0.25, 0.3) is 12.1 Å². The van der Waals surface area contributed by atoms with Crippen molar-refractivity contribution in [3.63, 3.8) is 0 Å². The van der Waals surface area contributed by atoms with Crippen LogP contribution in [0.5, 0.6) is 0 Å². The molecule has 6 nitrogen and oxygen atoms in total. The summed E-state index contributed by atoms with van der Waals surface area (Å²) in [4.78, 5) is 4.24. The van der Waals surface area contributed by atoms with Crippen LogP contribution in [-0.2, 0) is 0 Å². The molecule has 0 radical (unpaired) electrons. The van der Waals surface area contributed by atoms with Crippen molar-refractivity contribution < 1.29 is 9.31 Å². The van der Waals surface area contributed by atoms with Crippen molar-refractivity contribution in [2.24, 2.45) is 0 Å². The maximum atomic E-state index is 5.65. The standard InChI is InChI=1S/C13H26N5O/c1-10(2)16-8-12(3,4)18(13(5,6)9-16)17-7-11(14)19-15-17/h7,10H,8-9,14H2,1-6H3/q+1. The van der Waals surface area contributed by atoms with Gasteiger partial charge < -0.3 is 5.73 Å². The van der Waals surface area contributed by atoms with Crippen molar-refractivity contribution in [1.29, 1.82) is 0 Å². The second-order valence-electron chi connectivity index (χ2n) is 6.96. The van der Waals surface area contributed by atoms with E-state index in [1.54, 1.807) is 11.0 Å². The molecule has 1 aromatic rings. The van der Waals surface area contributed by atoms with E-state index >= 15 is 0 Å². The molecule has 0 atom stereocenters. The number of nitrogens with two attached hydrogens (primary N) is 1. The summed E-state index contributed by atoms with van der Waals surface area (Å²) >= 11 is 0. The third kappa shape index (κ3) is 2.54. The molecule has 2 heterocycles. The zero-order valence-electron chi connectivity index (χ0n) is 12.8. The number of anilines is 1. The summed E-state index contributed by atoms with van der Waals surface area (Å²) < 4.78 is 5.01. The van der Waals surface area contributed by atoms with Crippen LogP contribution in [-0.4, -0.2) is 40.4 Å². The van der Waals surface area contributed by atoms with Crippen molar-refractivity contribution in [2.45, 2.75) is 58.7 Å². The van der Waals surface area contributed by atoms with E-state index < -0.39 is 0 Å². The summed E-state index contributed by atoms with van der Waals surface area (Å²) in [7, 11) is 0. The van der Waals surface area contributed by atoms with Gasteiger partial charge in [0, 0.05) is 19.1 Å². The Hall–Kier alpha value is -1.30. The van der Waals surface area contributed by atoms with E-state index in [1.165, 1.54) is 0 Å². The lowest BCUT2D eigenvalue weighted by molar-refractivity contribution is -0.774. The first-order chi connectivity index (χ1) is 8.63. The minimum Gasteiger partial charge on any atom is -0.362 e. The van der Waals surface area contributed by atoms with Gasteiger partial charge in [0.2, 0.25) is 5.27 Å².